The summed E-state index contributed by atoms with van der Waals surface area (Å²) in [6, 6.07) is 21.6. The molecular formula is C23H19N3O4. The quantitative estimate of drug-likeness (QED) is 0.489. The van der Waals surface area contributed by atoms with Crippen molar-refractivity contribution in [2.24, 2.45) is 0 Å². The van der Waals surface area contributed by atoms with Crippen LogP contribution in [-0.2, 0) is 10.4 Å². The van der Waals surface area contributed by atoms with E-state index >= 15 is 0 Å². The van der Waals surface area contributed by atoms with E-state index in [1.807, 2.05) is 18.2 Å². The van der Waals surface area contributed by atoms with Crippen molar-refractivity contribution >= 4 is 34.8 Å². The van der Waals surface area contributed by atoms with Gasteiger partial charge in [-0.05, 0) is 42.5 Å². The van der Waals surface area contributed by atoms with Gasteiger partial charge < -0.3 is 21.1 Å². The van der Waals surface area contributed by atoms with Crippen LogP contribution in [0.2, 0.25) is 0 Å². The van der Waals surface area contributed by atoms with E-state index in [1.54, 1.807) is 60.7 Å². The first-order valence-electron chi connectivity index (χ1n) is 9.35. The van der Waals surface area contributed by atoms with Gasteiger partial charge in [-0.3, -0.25) is 9.59 Å². The standard InChI is InChI=1S/C23H19N3O4/c27-20(14-23(30)18-8-4-5-9-19(18)26-21(23)28)15-10-12-17(13-11-15)25-22(29)24-16-6-2-1-3-7-16/h1-13,30H,14H2,(H,26,28)(H2,24,25,29). The minimum absolute atomic E-state index is 0.328. The highest BCUT2D eigenvalue weighted by atomic mass is 16.3. The summed E-state index contributed by atoms with van der Waals surface area (Å²) in [6.45, 7) is 0. The summed E-state index contributed by atoms with van der Waals surface area (Å²) in [5.74, 6) is -1.00. The summed E-state index contributed by atoms with van der Waals surface area (Å²) in [6.07, 6.45) is -0.378. The highest BCUT2D eigenvalue weighted by Gasteiger charge is 2.46. The zero-order chi connectivity index (χ0) is 21.1. The molecule has 0 saturated heterocycles. The lowest BCUT2D eigenvalue weighted by atomic mass is 9.88. The van der Waals surface area contributed by atoms with Crippen LogP contribution in [0.3, 0.4) is 0 Å². The van der Waals surface area contributed by atoms with Crippen molar-refractivity contribution in [2.45, 2.75) is 12.0 Å². The molecule has 30 heavy (non-hydrogen) atoms. The molecule has 1 heterocycles. The fourth-order valence-corrected chi connectivity index (χ4v) is 3.37. The maximum Gasteiger partial charge on any atom is 0.323 e. The Morgan fingerprint density at radius 2 is 1.43 bits per heavy atom. The number of carbonyl (C=O) groups excluding carboxylic acids is 3. The molecule has 7 heteroatoms. The highest BCUT2D eigenvalue weighted by molar-refractivity contribution is 6.09. The van der Waals surface area contributed by atoms with Crippen LogP contribution in [0.15, 0.2) is 78.9 Å². The average molecular weight is 401 g/mol. The predicted molar refractivity (Wildman–Crippen MR) is 113 cm³/mol. The number of hydrogen-bond acceptors (Lipinski definition) is 4. The molecular weight excluding hydrogens is 382 g/mol. The molecule has 1 aliphatic rings. The number of amides is 3. The fourth-order valence-electron chi connectivity index (χ4n) is 3.37. The van der Waals surface area contributed by atoms with Crippen LogP contribution < -0.4 is 16.0 Å². The SMILES string of the molecule is O=C(Nc1ccccc1)Nc1ccc(C(=O)CC2(O)C(=O)Nc3ccccc32)cc1. The normalized spacial score (nSPS) is 17.0. The molecule has 0 radical (unpaired) electrons. The van der Waals surface area contributed by atoms with Crippen LogP contribution in [0.5, 0.6) is 0 Å². The van der Waals surface area contributed by atoms with E-state index in [0.29, 0.717) is 28.2 Å². The van der Waals surface area contributed by atoms with E-state index in [9.17, 15) is 19.5 Å². The zero-order valence-corrected chi connectivity index (χ0v) is 15.9. The molecule has 1 unspecified atom stereocenters. The lowest BCUT2D eigenvalue weighted by Gasteiger charge is -2.20. The zero-order valence-electron chi connectivity index (χ0n) is 15.9. The lowest BCUT2D eigenvalue weighted by Crippen LogP contribution is -2.36. The Labute approximate surface area is 172 Å². The van der Waals surface area contributed by atoms with Crippen molar-refractivity contribution in [1.82, 2.24) is 0 Å². The van der Waals surface area contributed by atoms with Gasteiger partial charge in [-0.2, -0.15) is 0 Å². The van der Waals surface area contributed by atoms with Crippen LogP contribution in [0, 0.1) is 0 Å². The van der Waals surface area contributed by atoms with Gasteiger partial charge in [-0.15, -0.1) is 0 Å². The number of benzene rings is 3. The number of Topliss-reactive ketones (excluding diaryl/α,β-unsaturated/α-hetero) is 1. The van der Waals surface area contributed by atoms with E-state index in [2.05, 4.69) is 16.0 Å². The van der Waals surface area contributed by atoms with E-state index in [0.717, 1.165) is 0 Å². The largest absolute Gasteiger partial charge is 0.375 e. The summed E-state index contributed by atoms with van der Waals surface area (Å²) in [5.41, 5.74) is 0.476. The number of hydrogen-bond donors (Lipinski definition) is 4. The van der Waals surface area contributed by atoms with Crippen LogP contribution in [0.1, 0.15) is 22.3 Å². The first kappa shape index (κ1) is 19.4. The van der Waals surface area contributed by atoms with Crippen molar-refractivity contribution in [2.75, 3.05) is 16.0 Å². The fraction of sp³-hybridized carbons (Fsp3) is 0.0870. The molecule has 3 aromatic rings. The monoisotopic (exact) mass is 401 g/mol. The topological polar surface area (TPSA) is 108 Å². The smallest absolute Gasteiger partial charge is 0.323 e. The minimum Gasteiger partial charge on any atom is -0.375 e. The Balaban J connectivity index is 1.42. The molecule has 7 nitrogen and oxygen atoms in total. The maximum atomic E-state index is 12.7. The van der Waals surface area contributed by atoms with Gasteiger partial charge in [0.15, 0.2) is 11.4 Å². The summed E-state index contributed by atoms with van der Waals surface area (Å²) in [4.78, 5) is 37.0. The number of carbonyl (C=O) groups is 3. The number of aliphatic hydroxyl groups is 1. The third-order valence-corrected chi connectivity index (χ3v) is 4.91. The molecule has 4 rings (SSSR count). The van der Waals surface area contributed by atoms with Gasteiger partial charge in [0.1, 0.15) is 0 Å². The van der Waals surface area contributed by atoms with Crippen LogP contribution in [0.4, 0.5) is 21.9 Å². The van der Waals surface area contributed by atoms with E-state index < -0.39 is 17.5 Å². The van der Waals surface area contributed by atoms with E-state index in [1.165, 1.54) is 0 Å². The number of fused-ring (bicyclic) bond motifs is 1. The first-order valence-corrected chi connectivity index (χ1v) is 9.35. The molecule has 0 aliphatic carbocycles. The number of para-hydroxylation sites is 2. The van der Waals surface area contributed by atoms with Crippen LogP contribution in [0.25, 0.3) is 0 Å². The Bertz CT molecular complexity index is 1110. The molecule has 4 N–H and O–H groups in total. The number of rotatable bonds is 5. The number of ketones is 1. The third kappa shape index (κ3) is 3.78. The minimum atomic E-state index is -1.90. The number of nitrogens with one attached hydrogen (secondary N) is 3. The maximum absolute atomic E-state index is 12.7. The Morgan fingerprint density at radius 1 is 0.833 bits per heavy atom. The predicted octanol–water partition coefficient (Wildman–Crippen LogP) is 3.74. The van der Waals surface area contributed by atoms with Gasteiger partial charge in [-0.25, -0.2) is 4.79 Å². The van der Waals surface area contributed by atoms with Gasteiger partial charge in [0.2, 0.25) is 0 Å². The van der Waals surface area contributed by atoms with Gasteiger partial charge in [0.05, 0.1) is 6.42 Å². The molecule has 0 fully saturated rings. The summed E-state index contributed by atoms with van der Waals surface area (Å²) in [5, 5.41) is 18.8. The molecule has 0 saturated carbocycles. The molecule has 0 aromatic heterocycles. The van der Waals surface area contributed by atoms with Crippen molar-refractivity contribution in [3.8, 4) is 0 Å². The second-order valence-corrected chi connectivity index (χ2v) is 6.98. The Hall–Kier alpha value is -3.97. The molecule has 3 aromatic carbocycles. The summed E-state index contributed by atoms with van der Waals surface area (Å²) in [7, 11) is 0. The van der Waals surface area contributed by atoms with Crippen molar-refractivity contribution in [3.63, 3.8) is 0 Å². The number of anilines is 3. The summed E-state index contributed by atoms with van der Waals surface area (Å²) < 4.78 is 0. The van der Waals surface area contributed by atoms with Crippen molar-refractivity contribution in [1.29, 1.82) is 0 Å². The molecule has 0 spiro atoms. The number of urea groups is 1. The molecule has 1 atom stereocenters. The average Bonchev–Trinajstić information content (AvgIpc) is 2.99. The Morgan fingerprint density at radius 3 is 2.13 bits per heavy atom. The first-order chi connectivity index (χ1) is 14.5. The van der Waals surface area contributed by atoms with Crippen LogP contribution in [-0.4, -0.2) is 22.8 Å². The second-order valence-electron chi connectivity index (χ2n) is 6.98. The van der Waals surface area contributed by atoms with Gasteiger partial charge in [0, 0.05) is 28.2 Å². The lowest BCUT2D eigenvalue weighted by molar-refractivity contribution is -0.133. The Kier molecular flexibility index (Phi) is 5.04. The molecule has 0 bridgehead atoms. The molecule has 150 valence electrons. The van der Waals surface area contributed by atoms with E-state index in [-0.39, 0.29) is 12.2 Å². The molecule has 1 aliphatic heterocycles. The molecule has 3 amide bonds. The van der Waals surface area contributed by atoms with Gasteiger partial charge in [-0.1, -0.05) is 36.4 Å². The van der Waals surface area contributed by atoms with Gasteiger partial charge >= 0.3 is 6.03 Å². The second kappa shape index (κ2) is 7.81. The van der Waals surface area contributed by atoms with Crippen molar-refractivity contribution < 1.29 is 19.5 Å². The van der Waals surface area contributed by atoms with Crippen LogP contribution >= 0.6 is 0 Å². The van der Waals surface area contributed by atoms with Crippen molar-refractivity contribution in [3.05, 3.63) is 90.0 Å². The summed E-state index contributed by atoms with van der Waals surface area (Å²) >= 11 is 0. The van der Waals surface area contributed by atoms with Gasteiger partial charge in [0.25, 0.3) is 5.91 Å². The highest BCUT2D eigenvalue weighted by Crippen LogP contribution is 2.38. The third-order valence-electron chi connectivity index (χ3n) is 4.91. The van der Waals surface area contributed by atoms with E-state index in [4.69, 9.17) is 0 Å².